The van der Waals surface area contributed by atoms with E-state index in [1.807, 2.05) is 4.90 Å². The Morgan fingerprint density at radius 2 is 2.00 bits per heavy atom. The lowest BCUT2D eigenvalue weighted by atomic mass is 9.97. The highest BCUT2D eigenvalue weighted by Gasteiger charge is 2.25. The highest BCUT2D eigenvalue weighted by atomic mass is 16.4. The van der Waals surface area contributed by atoms with Gasteiger partial charge in [0.25, 0.3) is 5.91 Å². The molecule has 3 N–H and O–H groups in total. The molecule has 0 unspecified atom stereocenters. The molecule has 6 nitrogen and oxygen atoms in total. The highest BCUT2D eigenvalue weighted by molar-refractivity contribution is 5.91. The summed E-state index contributed by atoms with van der Waals surface area (Å²) in [5.41, 5.74) is 5.41. The molecule has 0 spiro atoms. The summed E-state index contributed by atoms with van der Waals surface area (Å²) < 4.78 is 0. The average Bonchev–Trinajstić information content (AvgIpc) is 2.39. The monoisotopic (exact) mass is 249 g/mol. The first-order valence-corrected chi connectivity index (χ1v) is 5.82. The van der Waals surface area contributed by atoms with Crippen LogP contribution in [0.5, 0.6) is 0 Å². The number of nitrogens with zero attached hydrogens (tertiary/aromatic N) is 2. The average molecular weight is 249 g/mol. The van der Waals surface area contributed by atoms with E-state index >= 15 is 0 Å². The van der Waals surface area contributed by atoms with Crippen molar-refractivity contribution in [1.82, 2.24) is 4.98 Å². The normalized spacial score (nSPS) is 16.6. The maximum Gasteiger partial charge on any atom is 0.306 e. The molecule has 1 aliphatic rings. The summed E-state index contributed by atoms with van der Waals surface area (Å²) in [6, 6.07) is 5.09. The van der Waals surface area contributed by atoms with Crippen LogP contribution in [0.2, 0.25) is 0 Å². The van der Waals surface area contributed by atoms with E-state index in [1.54, 1.807) is 18.2 Å². The maximum absolute atomic E-state index is 11.0. The Hall–Kier alpha value is -2.11. The number of hydrogen-bond donors (Lipinski definition) is 2. The molecule has 1 aliphatic heterocycles. The van der Waals surface area contributed by atoms with E-state index in [9.17, 15) is 9.59 Å². The van der Waals surface area contributed by atoms with Gasteiger partial charge in [-0.3, -0.25) is 9.59 Å². The fourth-order valence-corrected chi connectivity index (χ4v) is 2.09. The van der Waals surface area contributed by atoms with Gasteiger partial charge in [-0.1, -0.05) is 6.07 Å². The van der Waals surface area contributed by atoms with Crippen LogP contribution in [0.3, 0.4) is 0 Å². The predicted octanol–water partition coefficient (Wildman–Crippen LogP) is 0.481. The predicted molar refractivity (Wildman–Crippen MR) is 65.3 cm³/mol. The summed E-state index contributed by atoms with van der Waals surface area (Å²) in [6.07, 6.45) is 1.19. The summed E-state index contributed by atoms with van der Waals surface area (Å²) in [7, 11) is 0. The van der Waals surface area contributed by atoms with E-state index in [2.05, 4.69) is 4.98 Å². The third kappa shape index (κ3) is 2.58. The Morgan fingerprint density at radius 3 is 2.56 bits per heavy atom. The van der Waals surface area contributed by atoms with Gasteiger partial charge in [-0.15, -0.1) is 0 Å². The lowest BCUT2D eigenvalue weighted by Gasteiger charge is -2.31. The Morgan fingerprint density at radius 1 is 1.33 bits per heavy atom. The quantitative estimate of drug-likeness (QED) is 0.812. The number of carboxylic acids is 1. The van der Waals surface area contributed by atoms with Gasteiger partial charge in [0.2, 0.25) is 0 Å². The fourth-order valence-electron chi connectivity index (χ4n) is 2.09. The van der Waals surface area contributed by atoms with Gasteiger partial charge in [-0.05, 0) is 25.0 Å². The standard InChI is InChI=1S/C12H15N3O3/c13-11(16)9-2-1-3-10(14-9)15-6-4-8(5-7-15)12(17)18/h1-3,8H,4-7H2,(H2,13,16)(H,17,18). The third-order valence-electron chi connectivity index (χ3n) is 3.16. The molecule has 0 aromatic carbocycles. The molecular formula is C12H15N3O3. The van der Waals surface area contributed by atoms with Gasteiger partial charge in [0, 0.05) is 13.1 Å². The van der Waals surface area contributed by atoms with Crippen molar-refractivity contribution < 1.29 is 14.7 Å². The van der Waals surface area contributed by atoms with Crippen LogP contribution in [-0.4, -0.2) is 35.1 Å². The van der Waals surface area contributed by atoms with E-state index < -0.39 is 11.9 Å². The number of amides is 1. The van der Waals surface area contributed by atoms with E-state index in [4.69, 9.17) is 10.8 Å². The van der Waals surface area contributed by atoms with Gasteiger partial charge in [0.1, 0.15) is 11.5 Å². The molecule has 6 heteroatoms. The topological polar surface area (TPSA) is 96.5 Å². The van der Waals surface area contributed by atoms with E-state index in [1.165, 1.54) is 0 Å². The van der Waals surface area contributed by atoms with Crippen molar-refractivity contribution in [2.75, 3.05) is 18.0 Å². The summed E-state index contributed by atoms with van der Waals surface area (Å²) >= 11 is 0. The van der Waals surface area contributed by atoms with Crippen molar-refractivity contribution in [2.45, 2.75) is 12.8 Å². The molecule has 1 fully saturated rings. The second-order valence-corrected chi connectivity index (χ2v) is 4.34. The lowest BCUT2D eigenvalue weighted by molar-refractivity contribution is -0.142. The van der Waals surface area contributed by atoms with Crippen molar-refractivity contribution in [1.29, 1.82) is 0 Å². The Kier molecular flexibility index (Phi) is 3.45. The molecule has 96 valence electrons. The molecule has 0 atom stereocenters. The molecule has 1 aromatic heterocycles. The first-order chi connectivity index (χ1) is 8.58. The fraction of sp³-hybridized carbons (Fsp3) is 0.417. The van der Waals surface area contributed by atoms with Crippen molar-refractivity contribution in [2.24, 2.45) is 11.7 Å². The first kappa shape index (κ1) is 12.3. The largest absolute Gasteiger partial charge is 0.481 e. The molecule has 0 bridgehead atoms. The molecule has 18 heavy (non-hydrogen) atoms. The van der Waals surface area contributed by atoms with Gasteiger partial charge < -0.3 is 15.7 Å². The van der Waals surface area contributed by atoms with E-state index in [0.717, 1.165) is 0 Å². The van der Waals surface area contributed by atoms with Gasteiger partial charge in [-0.2, -0.15) is 0 Å². The maximum atomic E-state index is 11.0. The first-order valence-electron chi connectivity index (χ1n) is 5.82. The minimum absolute atomic E-state index is 0.229. The van der Waals surface area contributed by atoms with Crippen LogP contribution in [0.25, 0.3) is 0 Å². The van der Waals surface area contributed by atoms with Gasteiger partial charge in [-0.25, -0.2) is 4.98 Å². The van der Waals surface area contributed by atoms with Crippen LogP contribution >= 0.6 is 0 Å². The van der Waals surface area contributed by atoms with Crippen LogP contribution in [0.1, 0.15) is 23.3 Å². The number of pyridine rings is 1. The van der Waals surface area contributed by atoms with Crippen molar-refractivity contribution >= 4 is 17.7 Å². The van der Waals surface area contributed by atoms with Crippen LogP contribution in [-0.2, 0) is 4.79 Å². The zero-order valence-electron chi connectivity index (χ0n) is 9.87. The van der Waals surface area contributed by atoms with Gasteiger partial charge in [0.05, 0.1) is 5.92 Å². The number of carbonyl (C=O) groups is 2. The number of carbonyl (C=O) groups excluding carboxylic acids is 1. The zero-order chi connectivity index (χ0) is 13.1. The summed E-state index contributed by atoms with van der Waals surface area (Å²) in [4.78, 5) is 28.0. The highest BCUT2D eigenvalue weighted by Crippen LogP contribution is 2.22. The number of rotatable bonds is 3. The second-order valence-electron chi connectivity index (χ2n) is 4.34. The molecule has 0 saturated carbocycles. The Bertz CT molecular complexity index is 467. The Balaban J connectivity index is 2.07. The minimum atomic E-state index is -0.742. The van der Waals surface area contributed by atoms with E-state index in [-0.39, 0.29) is 11.6 Å². The molecule has 1 amide bonds. The number of aliphatic carboxylic acids is 1. The SMILES string of the molecule is NC(=O)c1cccc(N2CCC(C(=O)O)CC2)n1. The molecule has 1 saturated heterocycles. The molecular weight excluding hydrogens is 234 g/mol. The number of primary amides is 1. The van der Waals surface area contributed by atoms with Crippen molar-refractivity contribution in [3.8, 4) is 0 Å². The third-order valence-corrected chi connectivity index (χ3v) is 3.16. The molecule has 1 aromatic rings. The van der Waals surface area contributed by atoms with Crippen LogP contribution in [0.15, 0.2) is 18.2 Å². The molecule has 2 heterocycles. The number of carboxylic acid groups (broad SMARTS) is 1. The number of nitrogens with two attached hydrogens (primary N) is 1. The van der Waals surface area contributed by atoms with Crippen molar-refractivity contribution in [3.63, 3.8) is 0 Å². The van der Waals surface area contributed by atoms with Gasteiger partial charge >= 0.3 is 5.97 Å². The number of hydrogen-bond acceptors (Lipinski definition) is 4. The number of anilines is 1. The summed E-state index contributed by atoms with van der Waals surface area (Å²) in [5, 5.41) is 8.92. The number of aromatic nitrogens is 1. The smallest absolute Gasteiger partial charge is 0.306 e. The van der Waals surface area contributed by atoms with E-state index in [0.29, 0.717) is 31.7 Å². The van der Waals surface area contributed by atoms with Gasteiger partial charge in [0.15, 0.2) is 0 Å². The summed E-state index contributed by atoms with van der Waals surface area (Å²) in [5.74, 6) is -0.901. The summed E-state index contributed by atoms with van der Waals surface area (Å²) in [6.45, 7) is 1.26. The molecule has 2 rings (SSSR count). The second kappa shape index (κ2) is 5.03. The van der Waals surface area contributed by atoms with Crippen molar-refractivity contribution in [3.05, 3.63) is 23.9 Å². The minimum Gasteiger partial charge on any atom is -0.481 e. The lowest BCUT2D eigenvalue weighted by Crippen LogP contribution is -2.37. The molecule has 0 radical (unpaired) electrons. The van der Waals surface area contributed by atoms with Crippen LogP contribution in [0.4, 0.5) is 5.82 Å². The molecule has 0 aliphatic carbocycles. The van der Waals surface area contributed by atoms with Crippen LogP contribution in [0, 0.1) is 5.92 Å². The van der Waals surface area contributed by atoms with Crippen LogP contribution < -0.4 is 10.6 Å². The number of piperidine rings is 1. The zero-order valence-corrected chi connectivity index (χ0v) is 9.87. The Labute approximate surface area is 104 Å².